The second kappa shape index (κ2) is 6.05. The maximum Gasteiger partial charge on any atom is 0.244 e. The first-order chi connectivity index (χ1) is 9.40. The van der Waals surface area contributed by atoms with E-state index in [0.29, 0.717) is 23.9 Å². The summed E-state index contributed by atoms with van der Waals surface area (Å²) in [5.74, 6) is 0.312. The predicted molar refractivity (Wildman–Crippen MR) is 80.4 cm³/mol. The van der Waals surface area contributed by atoms with Gasteiger partial charge in [-0.25, -0.2) is 8.42 Å². The fraction of sp³-hybridized carbons (Fsp3) is 0.692. The number of piperazine rings is 1. The van der Waals surface area contributed by atoms with Gasteiger partial charge in [0.1, 0.15) is 4.90 Å². The van der Waals surface area contributed by atoms with Crippen molar-refractivity contribution in [1.29, 1.82) is 0 Å². The molecule has 2 rings (SSSR count). The van der Waals surface area contributed by atoms with Gasteiger partial charge in [-0.3, -0.25) is 0 Å². The number of rotatable bonds is 4. The molecule has 20 heavy (non-hydrogen) atoms. The van der Waals surface area contributed by atoms with Crippen LogP contribution in [0, 0.1) is 0 Å². The highest BCUT2D eigenvalue weighted by atomic mass is 35.5. The Morgan fingerprint density at radius 2 is 2.05 bits per heavy atom. The van der Waals surface area contributed by atoms with Gasteiger partial charge in [0.05, 0.1) is 5.88 Å². The van der Waals surface area contributed by atoms with Crippen LogP contribution < -0.4 is 0 Å². The minimum Gasteiger partial charge on any atom is -0.352 e. The summed E-state index contributed by atoms with van der Waals surface area (Å²) in [6.45, 7) is 3.96. The molecule has 5 nitrogen and oxygen atoms in total. The van der Waals surface area contributed by atoms with Crippen molar-refractivity contribution >= 4 is 21.6 Å². The lowest BCUT2D eigenvalue weighted by molar-refractivity contribution is 0.144. The number of sulfonamides is 1. The van der Waals surface area contributed by atoms with Crippen LogP contribution in [0.15, 0.2) is 17.2 Å². The van der Waals surface area contributed by atoms with Crippen LogP contribution in [0.3, 0.4) is 0 Å². The summed E-state index contributed by atoms with van der Waals surface area (Å²) in [6, 6.07) is 1.96. The molecule has 0 aliphatic carbocycles. The van der Waals surface area contributed by atoms with E-state index in [9.17, 15) is 8.42 Å². The van der Waals surface area contributed by atoms with Crippen LogP contribution >= 0.6 is 11.6 Å². The molecule has 1 atom stereocenters. The Hall–Kier alpha value is -0.560. The van der Waals surface area contributed by atoms with Crippen LogP contribution in [0.5, 0.6) is 0 Å². The van der Waals surface area contributed by atoms with Crippen LogP contribution in [0.2, 0.25) is 0 Å². The van der Waals surface area contributed by atoms with Gasteiger partial charge >= 0.3 is 0 Å². The highest BCUT2D eigenvalue weighted by Gasteiger charge is 2.32. The molecule has 0 saturated carbocycles. The number of likely N-dealkylation sites (N-methyl/N-ethyl adjacent to an activating group) is 1. The smallest absolute Gasteiger partial charge is 0.244 e. The Morgan fingerprint density at radius 3 is 2.60 bits per heavy atom. The lowest BCUT2D eigenvalue weighted by Crippen LogP contribution is -2.52. The molecule has 0 radical (unpaired) electrons. The van der Waals surface area contributed by atoms with Gasteiger partial charge in [0.25, 0.3) is 0 Å². The molecule has 1 aromatic rings. The molecule has 0 amide bonds. The molecule has 1 aliphatic rings. The topological polar surface area (TPSA) is 45.6 Å². The Kier molecular flexibility index (Phi) is 4.79. The fourth-order valence-corrected chi connectivity index (χ4v) is 4.41. The number of alkyl halides is 1. The number of hydrogen-bond acceptors (Lipinski definition) is 3. The predicted octanol–water partition coefficient (Wildman–Crippen LogP) is 1.48. The SMILES string of the molecule is CCC1CN(S(=O)(=O)c2cc(CCl)n(C)c2)CCN1C. The molecule has 0 spiro atoms. The summed E-state index contributed by atoms with van der Waals surface area (Å²) in [5.41, 5.74) is 0.811. The molecule has 0 N–H and O–H groups in total. The number of nitrogens with zero attached hydrogens (tertiary/aromatic N) is 3. The van der Waals surface area contributed by atoms with Crippen molar-refractivity contribution in [3.05, 3.63) is 18.0 Å². The molecule has 1 aromatic heterocycles. The van der Waals surface area contributed by atoms with E-state index in [0.717, 1.165) is 18.7 Å². The van der Waals surface area contributed by atoms with Crippen molar-refractivity contribution in [3.63, 3.8) is 0 Å². The normalized spacial score (nSPS) is 22.3. The van der Waals surface area contributed by atoms with Crippen LogP contribution in [-0.4, -0.2) is 54.9 Å². The van der Waals surface area contributed by atoms with Crippen LogP contribution in [0.4, 0.5) is 0 Å². The number of halogens is 1. The molecule has 7 heteroatoms. The summed E-state index contributed by atoms with van der Waals surface area (Å²) < 4.78 is 28.7. The molecule has 114 valence electrons. The number of hydrogen-bond donors (Lipinski definition) is 0. The van der Waals surface area contributed by atoms with Gasteiger partial charge in [0.15, 0.2) is 0 Å². The lowest BCUT2D eigenvalue weighted by Gasteiger charge is -2.38. The lowest BCUT2D eigenvalue weighted by atomic mass is 10.1. The zero-order chi connectivity index (χ0) is 14.9. The van der Waals surface area contributed by atoms with E-state index >= 15 is 0 Å². The van der Waals surface area contributed by atoms with Gasteiger partial charge < -0.3 is 9.47 Å². The van der Waals surface area contributed by atoms with E-state index in [1.807, 2.05) is 14.1 Å². The second-order valence-electron chi connectivity index (χ2n) is 5.32. The number of aryl methyl sites for hydroxylation is 1. The summed E-state index contributed by atoms with van der Waals surface area (Å²) in [7, 11) is 0.450. The van der Waals surface area contributed by atoms with E-state index in [1.54, 1.807) is 21.1 Å². The number of aromatic nitrogens is 1. The maximum atomic E-state index is 12.7. The Labute approximate surface area is 126 Å². The largest absolute Gasteiger partial charge is 0.352 e. The summed E-state index contributed by atoms with van der Waals surface area (Å²) in [4.78, 5) is 2.57. The summed E-state index contributed by atoms with van der Waals surface area (Å²) in [6.07, 6.45) is 2.59. The minimum absolute atomic E-state index is 0.287. The third-order valence-corrected chi connectivity index (χ3v) is 6.17. The molecule has 1 saturated heterocycles. The first-order valence-electron chi connectivity index (χ1n) is 6.81. The molecule has 0 bridgehead atoms. The van der Waals surface area contributed by atoms with E-state index in [4.69, 9.17) is 11.6 Å². The minimum atomic E-state index is -3.41. The van der Waals surface area contributed by atoms with Crippen molar-refractivity contribution in [2.75, 3.05) is 26.7 Å². The van der Waals surface area contributed by atoms with Crippen LogP contribution in [-0.2, 0) is 23.0 Å². The van der Waals surface area contributed by atoms with Gasteiger partial charge in [-0.15, -0.1) is 11.6 Å². The second-order valence-corrected chi connectivity index (χ2v) is 7.52. The highest BCUT2D eigenvalue weighted by Crippen LogP contribution is 2.22. The van der Waals surface area contributed by atoms with Crippen LogP contribution in [0.1, 0.15) is 19.0 Å². The summed E-state index contributed by atoms with van der Waals surface area (Å²) in [5, 5.41) is 0. The van der Waals surface area contributed by atoms with E-state index in [2.05, 4.69) is 11.8 Å². The Bertz CT molecular complexity index is 570. The highest BCUT2D eigenvalue weighted by molar-refractivity contribution is 7.89. The first-order valence-corrected chi connectivity index (χ1v) is 8.79. The van der Waals surface area contributed by atoms with Crippen molar-refractivity contribution in [3.8, 4) is 0 Å². The standard InChI is InChI=1S/C13H22ClN3O2S/c1-4-11-9-17(6-5-15(11)2)20(18,19)13-7-12(8-14)16(3)10-13/h7,10-11H,4-6,8-9H2,1-3H3. The van der Waals surface area contributed by atoms with Crippen LogP contribution in [0.25, 0.3) is 0 Å². The maximum absolute atomic E-state index is 12.7. The van der Waals surface area contributed by atoms with Gasteiger partial charge in [0.2, 0.25) is 10.0 Å². The van der Waals surface area contributed by atoms with Crippen molar-refractivity contribution < 1.29 is 8.42 Å². The zero-order valence-electron chi connectivity index (χ0n) is 12.2. The molecular weight excluding hydrogens is 298 g/mol. The molecule has 1 unspecified atom stereocenters. The zero-order valence-corrected chi connectivity index (χ0v) is 13.8. The van der Waals surface area contributed by atoms with Crippen molar-refractivity contribution in [2.24, 2.45) is 7.05 Å². The fourth-order valence-electron chi connectivity index (χ4n) is 2.58. The quantitative estimate of drug-likeness (QED) is 0.790. The molecule has 2 heterocycles. The van der Waals surface area contributed by atoms with Gasteiger partial charge in [0, 0.05) is 44.6 Å². The Morgan fingerprint density at radius 1 is 1.35 bits per heavy atom. The molecule has 0 aromatic carbocycles. The third-order valence-electron chi connectivity index (χ3n) is 4.07. The molecular formula is C13H22ClN3O2S. The summed E-state index contributed by atoms with van der Waals surface area (Å²) >= 11 is 5.81. The van der Waals surface area contributed by atoms with Gasteiger partial charge in [-0.2, -0.15) is 4.31 Å². The Balaban J connectivity index is 2.25. The molecule has 1 aliphatic heterocycles. The average Bonchev–Trinajstić information content (AvgIpc) is 2.81. The molecule has 1 fully saturated rings. The van der Waals surface area contributed by atoms with E-state index in [1.165, 1.54) is 0 Å². The van der Waals surface area contributed by atoms with Gasteiger partial charge in [-0.05, 0) is 19.5 Å². The van der Waals surface area contributed by atoms with E-state index in [-0.39, 0.29) is 6.04 Å². The van der Waals surface area contributed by atoms with Crippen molar-refractivity contribution in [2.45, 2.75) is 30.2 Å². The average molecular weight is 320 g/mol. The van der Waals surface area contributed by atoms with Gasteiger partial charge in [-0.1, -0.05) is 6.92 Å². The van der Waals surface area contributed by atoms with Crippen molar-refractivity contribution in [1.82, 2.24) is 13.8 Å². The third kappa shape index (κ3) is 2.88. The van der Waals surface area contributed by atoms with E-state index < -0.39 is 10.0 Å². The monoisotopic (exact) mass is 319 g/mol. The first kappa shape index (κ1) is 15.8.